The van der Waals surface area contributed by atoms with E-state index < -0.39 is 0 Å². The minimum absolute atomic E-state index is 0.262. The molecule has 54 valence electrons. The van der Waals surface area contributed by atoms with Crippen molar-refractivity contribution >= 4 is 38.7 Å². The van der Waals surface area contributed by atoms with Crippen LogP contribution in [-0.2, 0) is 4.79 Å². The first-order valence-electron chi connectivity index (χ1n) is 2.54. The summed E-state index contributed by atoms with van der Waals surface area (Å²) in [6.07, 6.45) is 2.39. The van der Waals surface area contributed by atoms with Gasteiger partial charge in [0.2, 0.25) is 0 Å². The second-order valence-electron chi connectivity index (χ2n) is 1.64. The van der Waals surface area contributed by atoms with Crippen LogP contribution in [0.5, 0.6) is 0 Å². The predicted molar refractivity (Wildman–Crippen MR) is 44.3 cm³/mol. The summed E-state index contributed by atoms with van der Waals surface area (Å²) in [5.41, 5.74) is 5.34. The Morgan fingerprint density at radius 1 is 1.90 bits per heavy atom. The monoisotopic (exact) mass is 220 g/mol. The van der Waals surface area contributed by atoms with E-state index in [1.807, 2.05) is 0 Å². The first-order chi connectivity index (χ1) is 4.74. The van der Waals surface area contributed by atoms with Crippen LogP contribution in [0, 0.1) is 0 Å². The van der Waals surface area contributed by atoms with Crippen molar-refractivity contribution in [1.82, 2.24) is 4.98 Å². The molecule has 0 saturated heterocycles. The number of carbonyl (C=O) groups is 1. The number of thiazole rings is 1. The number of hydrogen-bond acceptors (Lipinski definition) is 4. The number of nitrogens with two attached hydrogens (primary N) is 1. The summed E-state index contributed by atoms with van der Waals surface area (Å²) in [5.74, 6) is 0. The van der Waals surface area contributed by atoms with Crippen molar-refractivity contribution < 1.29 is 4.79 Å². The molecule has 10 heavy (non-hydrogen) atoms. The van der Waals surface area contributed by atoms with Gasteiger partial charge in [0.15, 0.2) is 5.13 Å². The van der Waals surface area contributed by atoms with Crippen LogP contribution in [0.1, 0.15) is 9.70 Å². The number of nitrogen functional groups attached to an aromatic ring is 1. The molecule has 1 rings (SSSR count). The summed E-state index contributed by atoms with van der Waals surface area (Å²) in [6.45, 7) is 0. The molecule has 0 aliphatic rings. The van der Waals surface area contributed by atoms with Gasteiger partial charge in [-0.2, -0.15) is 0 Å². The topological polar surface area (TPSA) is 56.0 Å². The zero-order chi connectivity index (χ0) is 7.56. The van der Waals surface area contributed by atoms with E-state index in [1.165, 1.54) is 11.3 Å². The minimum atomic E-state index is -0.262. The van der Waals surface area contributed by atoms with Gasteiger partial charge in [-0.1, -0.05) is 15.9 Å². The van der Waals surface area contributed by atoms with Gasteiger partial charge in [-0.05, 0) is 0 Å². The van der Waals surface area contributed by atoms with Gasteiger partial charge in [-0.3, -0.25) is 0 Å². The lowest BCUT2D eigenvalue weighted by atomic mass is 10.4. The fraction of sp³-hybridized carbons (Fsp3) is 0.200. The number of halogens is 1. The zero-order valence-electron chi connectivity index (χ0n) is 4.95. The van der Waals surface area contributed by atoms with E-state index in [-0.39, 0.29) is 4.83 Å². The molecule has 5 heteroatoms. The number of alkyl halides is 1. The molecule has 1 atom stereocenters. The quantitative estimate of drug-likeness (QED) is 0.605. The molecule has 1 aromatic heterocycles. The molecule has 0 spiro atoms. The lowest BCUT2D eigenvalue weighted by Crippen LogP contribution is -1.84. The SMILES string of the molecule is Nc1ncc(C(Br)C=O)s1. The van der Waals surface area contributed by atoms with Gasteiger partial charge in [-0.25, -0.2) is 4.98 Å². The van der Waals surface area contributed by atoms with Crippen molar-refractivity contribution in [1.29, 1.82) is 0 Å². The fourth-order valence-electron chi connectivity index (χ4n) is 0.495. The van der Waals surface area contributed by atoms with Gasteiger partial charge in [-0.15, -0.1) is 11.3 Å². The third-order valence-corrected chi connectivity index (χ3v) is 2.85. The summed E-state index contributed by atoms with van der Waals surface area (Å²) in [4.78, 5) is 14.6. The second-order valence-corrected chi connectivity index (χ2v) is 3.72. The van der Waals surface area contributed by atoms with Crippen LogP contribution < -0.4 is 5.73 Å². The average Bonchev–Trinajstić information content (AvgIpc) is 2.34. The minimum Gasteiger partial charge on any atom is -0.375 e. The van der Waals surface area contributed by atoms with E-state index >= 15 is 0 Å². The van der Waals surface area contributed by atoms with Crippen LogP contribution >= 0.6 is 27.3 Å². The maximum atomic E-state index is 10.2. The molecule has 0 aromatic carbocycles. The number of aldehydes is 1. The molecule has 1 unspecified atom stereocenters. The number of hydrogen-bond donors (Lipinski definition) is 1. The Labute approximate surface area is 70.4 Å². The normalized spacial score (nSPS) is 12.9. The maximum absolute atomic E-state index is 10.2. The van der Waals surface area contributed by atoms with E-state index in [0.29, 0.717) is 5.13 Å². The smallest absolute Gasteiger partial charge is 0.180 e. The number of rotatable bonds is 2. The van der Waals surface area contributed by atoms with Gasteiger partial charge in [0.05, 0.1) is 0 Å². The van der Waals surface area contributed by atoms with Gasteiger partial charge in [0.1, 0.15) is 11.1 Å². The zero-order valence-corrected chi connectivity index (χ0v) is 7.35. The van der Waals surface area contributed by atoms with E-state index in [2.05, 4.69) is 20.9 Å². The highest BCUT2D eigenvalue weighted by Gasteiger charge is 2.07. The fourth-order valence-corrected chi connectivity index (χ4v) is 1.51. The third-order valence-electron chi connectivity index (χ3n) is 0.933. The van der Waals surface area contributed by atoms with Crippen LogP contribution in [-0.4, -0.2) is 11.3 Å². The second kappa shape index (κ2) is 3.12. The molecular weight excluding hydrogens is 216 g/mol. The van der Waals surface area contributed by atoms with Gasteiger partial charge in [0, 0.05) is 11.1 Å². The Balaban J connectivity index is 2.84. The Morgan fingerprint density at radius 3 is 3.00 bits per heavy atom. The van der Waals surface area contributed by atoms with E-state index in [1.54, 1.807) is 6.20 Å². The highest BCUT2D eigenvalue weighted by atomic mass is 79.9. The molecule has 0 aliphatic carbocycles. The molecule has 2 N–H and O–H groups in total. The highest BCUT2D eigenvalue weighted by molar-refractivity contribution is 9.09. The molecule has 0 radical (unpaired) electrons. The summed E-state index contributed by atoms with van der Waals surface area (Å²) in [5, 5.41) is 0.487. The standard InChI is InChI=1S/C5H5BrN2OS/c6-3(2-9)4-1-8-5(7)10-4/h1-3H,(H2,7,8). The first kappa shape index (κ1) is 7.68. The Hall–Kier alpha value is -0.420. The van der Waals surface area contributed by atoms with Gasteiger partial charge in [0.25, 0.3) is 0 Å². The average molecular weight is 221 g/mol. The Bertz CT molecular complexity index is 237. The van der Waals surface area contributed by atoms with Gasteiger partial charge >= 0.3 is 0 Å². The summed E-state index contributed by atoms with van der Waals surface area (Å²) in [7, 11) is 0. The highest BCUT2D eigenvalue weighted by Crippen LogP contribution is 2.26. The number of anilines is 1. The number of nitrogens with zero attached hydrogens (tertiary/aromatic N) is 1. The molecule has 3 nitrogen and oxygen atoms in total. The number of carbonyl (C=O) groups excluding carboxylic acids is 1. The van der Waals surface area contributed by atoms with Crippen LogP contribution in [0.3, 0.4) is 0 Å². The van der Waals surface area contributed by atoms with Crippen LogP contribution in [0.2, 0.25) is 0 Å². The molecular formula is C5H5BrN2OS. The maximum Gasteiger partial charge on any atom is 0.180 e. The van der Waals surface area contributed by atoms with Crippen LogP contribution in [0.15, 0.2) is 6.20 Å². The van der Waals surface area contributed by atoms with Crippen molar-refractivity contribution in [2.45, 2.75) is 4.83 Å². The van der Waals surface area contributed by atoms with Crippen molar-refractivity contribution in [2.24, 2.45) is 0 Å². The molecule has 0 amide bonds. The van der Waals surface area contributed by atoms with Gasteiger partial charge < -0.3 is 10.5 Å². The summed E-state index contributed by atoms with van der Waals surface area (Å²) >= 11 is 4.45. The molecule has 1 aromatic rings. The lowest BCUT2D eigenvalue weighted by molar-refractivity contribution is -0.107. The third kappa shape index (κ3) is 1.54. The number of aromatic nitrogens is 1. The summed E-state index contributed by atoms with van der Waals surface area (Å²) in [6, 6.07) is 0. The molecule has 0 aliphatic heterocycles. The molecule has 1 heterocycles. The van der Waals surface area contributed by atoms with E-state index in [9.17, 15) is 4.79 Å². The molecule has 0 bridgehead atoms. The largest absolute Gasteiger partial charge is 0.375 e. The molecule has 0 fully saturated rings. The van der Waals surface area contributed by atoms with E-state index in [4.69, 9.17) is 5.73 Å². The van der Waals surface area contributed by atoms with Crippen molar-refractivity contribution in [2.75, 3.05) is 5.73 Å². The van der Waals surface area contributed by atoms with E-state index in [0.717, 1.165) is 11.2 Å². The summed E-state index contributed by atoms with van der Waals surface area (Å²) < 4.78 is 0. The predicted octanol–water partition coefficient (Wildman–Crippen LogP) is 1.36. The molecule has 0 saturated carbocycles. The van der Waals surface area contributed by atoms with Crippen molar-refractivity contribution in [3.05, 3.63) is 11.1 Å². The Kier molecular flexibility index (Phi) is 2.39. The van der Waals surface area contributed by atoms with Crippen molar-refractivity contribution in [3.8, 4) is 0 Å². The lowest BCUT2D eigenvalue weighted by Gasteiger charge is -1.91. The van der Waals surface area contributed by atoms with Crippen molar-refractivity contribution in [3.63, 3.8) is 0 Å². The first-order valence-corrected chi connectivity index (χ1v) is 4.28. The Morgan fingerprint density at radius 2 is 2.60 bits per heavy atom. The van der Waals surface area contributed by atoms with Crippen LogP contribution in [0.25, 0.3) is 0 Å². The van der Waals surface area contributed by atoms with Crippen LogP contribution in [0.4, 0.5) is 5.13 Å².